The molecule has 1 aliphatic heterocycles. The van der Waals surface area contributed by atoms with E-state index >= 15 is 4.39 Å². The van der Waals surface area contributed by atoms with E-state index in [4.69, 9.17) is 0 Å². The molecule has 1 fully saturated rings. The van der Waals surface area contributed by atoms with Crippen LogP contribution < -0.4 is 10.2 Å². The molecule has 1 unspecified atom stereocenters. The van der Waals surface area contributed by atoms with Gasteiger partial charge in [-0.2, -0.15) is 4.39 Å². The average molecular weight is 549 g/mol. The minimum atomic E-state index is -0.615. The lowest BCUT2D eigenvalue weighted by molar-refractivity contribution is 0.240. The third-order valence-corrected chi connectivity index (χ3v) is 7.04. The van der Waals surface area contributed by atoms with Crippen molar-refractivity contribution in [2.45, 2.75) is 19.5 Å². The molecule has 1 aliphatic rings. The number of aromatic nitrogens is 7. The van der Waals surface area contributed by atoms with Gasteiger partial charge >= 0.3 is 0 Å². The second-order valence-electron chi connectivity index (χ2n) is 9.74. The summed E-state index contributed by atoms with van der Waals surface area (Å²) in [6.07, 6.45) is 7.61. The van der Waals surface area contributed by atoms with E-state index in [-0.39, 0.29) is 17.5 Å². The first-order valence-electron chi connectivity index (χ1n) is 12.9. The summed E-state index contributed by atoms with van der Waals surface area (Å²) in [5.41, 5.74) is 1.44. The van der Waals surface area contributed by atoms with Gasteiger partial charge in [0, 0.05) is 51.8 Å². The Kier molecular flexibility index (Phi) is 6.80. The summed E-state index contributed by atoms with van der Waals surface area (Å²) in [4.78, 5) is 26.0. The van der Waals surface area contributed by atoms with Gasteiger partial charge in [0.15, 0.2) is 17.5 Å². The first kappa shape index (κ1) is 25.7. The molecule has 1 saturated heterocycles. The molecule has 0 aliphatic carbocycles. The van der Waals surface area contributed by atoms with E-state index in [1.807, 2.05) is 22.7 Å². The van der Waals surface area contributed by atoms with E-state index in [0.29, 0.717) is 49.8 Å². The maximum absolute atomic E-state index is 16.0. The number of pyridine rings is 2. The summed E-state index contributed by atoms with van der Waals surface area (Å²) in [5.74, 6) is -0.293. The van der Waals surface area contributed by atoms with E-state index < -0.39 is 23.5 Å². The second-order valence-corrected chi connectivity index (χ2v) is 9.74. The fourth-order valence-corrected chi connectivity index (χ4v) is 4.76. The van der Waals surface area contributed by atoms with E-state index in [2.05, 4.69) is 35.1 Å². The molecule has 40 heavy (non-hydrogen) atoms. The number of nitrogens with zero attached hydrogens (tertiary/aromatic N) is 9. The van der Waals surface area contributed by atoms with Crippen LogP contribution in [0.4, 0.5) is 24.8 Å². The van der Waals surface area contributed by atoms with E-state index in [1.54, 1.807) is 19.2 Å². The molecule has 0 saturated carbocycles. The Morgan fingerprint density at radius 2 is 1.73 bits per heavy atom. The van der Waals surface area contributed by atoms with Crippen molar-refractivity contribution in [2.75, 3.05) is 36.4 Å². The Balaban J connectivity index is 1.33. The zero-order valence-electron chi connectivity index (χ0n) is 22.0. The average Bonchev–Trinajstić information content (AvgIpc) is 3.56. The van der Waals surface area contributed by atoms with Crippen LogP contribution in [-0.4, -0.2) is 65.0 Å². The lowest BCUT2D eigenvalue weighted by Gasteiger charge is -2.35. The maximum atomic E-state index is 16.0. The first-order chi connectivity index (χ1) is 19.4. The number of rotatable bonds is 7. The topological polar surface area (TPSA) is 92.3 Å². The highest BCUT2D eigenvalue weighted by atomic mass is 19.1. The van der Waals surface area contributed by atoms with Crippen LogP contribution in [0.15, 0.2) is 55.2 Å². The van der Waals surface area contributed by atoms with E-state index in [0.717, 1.165) is 12.0 Å². The molecule has 6 rings (SSSR count). The van der Waals surface area contributed by atoms with Crippen molar-refractivity contribution in [3.8, 4) is 11.5 Å². The highest BCUT2D eigenvalue weighted by Crippen LogP contribution is 2.30. The van der Waals surface area contributed by atoms with Gasteiger partial charge in [-0.15, -0.1) is 0 Å². The van der Waals surface area contributed by atoms with Crippen molar-refractivity contribution in [1.29, 1.82) is 0 Å². The highest BCUT2D eigenvalue weighted by molar-refractivity contribution is 5.63. The van der Waals surface area contributed by atoms with Gasteiger partial charge in [-0.05, 0) is 31.2 Å². The Bertz CT molecular complexity index is 1640. The molecule has 5 aromatic rings. The number of fused-ring (bicyclic) bond motifs is 1. The molecular weight excluding hydrogens is 521 g/mol. The van der Waals surface area contributed by atoms with Crippen molar-refractivity contribution in [2.24, 2.45) is 7.05 Å². The SMILES string of the molecule is CC(Nc1nc(-c2cnc3ccc(F)cn23)nc(N2CCN(Cc3nccn3C)CC2)c1F)c1ccc(F)cn1. The summed E-state index contributed by atoms with van der Waals surface area (Å²) in [6.45, 7) is 4.91. The van der Waals surface area contributed by atoms with Crippen LogP contribution in [0.3, 0.4) is 0 Å². The Hall–Kier alpha value is -4.52. The number of nitrogens with one attached hydrogen (secondary N) is 1. The number of aryl methyl sites for hydroxylation is 1. The maximum Gasteiger partial charge on any atom is 0.207 e. The normalized spacial score (nSPS) is 15.1. The predicted molar refractivity (Wildman–Crippen MR) is 143 cm³/mol. The third kappa shape index (κ3) is 5.07. The van der Waals surface area contributed by atoms with Crippen molar-refractivity contribution in [3.63, 3.8) is 0 Å². The summed E-state index contributed by atoms with van der Waals surface area (Å²) in [5, 5.41) is 3.07. The Labute approximate surface area is 228 Å². The first-order valence-corrected chi connectivity index (χ1v) is 12.9. The quantitative estimate of drug-likeness (QED) is 0.328. The fourth-order valence-electron chi connectivity index (χ4n) is 4.76. The standard InChI is InChI=1S/C27H27F3N10/c1-17(20-5-3-18(28)13-32-20)34-26-24(30)27(39-11-9-38(10-12-39)16-23-31-7-8-37(23)2)36-25(35-26)21-14-33-22-6-4-19(29)15-40(21)22/h3-8,13-15,17H,9-12,16H2,1-2H3,(H,34,35,36). The van der Waals surface area contributed by atoms with Crippen LogP contribution in [0.1, 0.15) is 24.5 Å². The molecule has 1 N–H and O–H groups in total. The van der Waals surface area contributed by atoms with Crippen molar-refractivity contribution in [3.05, 3.63) is 84.2 Å². The van der Waals surface area contributed by atoms with Gasteiger partial charge in [-0.1, -0.05) is 0 Å². The molecule has 13 heteroatoms. The molecule has 0 amide bonds. The molecular formula is C27H27F3N10. The molecule has 0 radical (unpaired) electrons. The number of anilines is 2. The smallest absolute Gasteiger partial charge is 0.207 e. The number of imidazole rings is 2. The summed E-state index contributed by atoms with van der Waals surface area (Å²) in [7, 11) is 1.96. The van der Waals surface area contributed by atoms with Gasteiger partial charge in [0.25, 0.3) is 0 Å². The van der Waals surface area contributed by atoms with Gasteiger partial charge in [-0.25, -0.2) is 28.7 Å². The lowest BCUT2D eigenvalue weighted by atomic mass is 10.2. The van der Waals surface area contributed by atoms with Crippen LogP contribution in [0.2, 0.25) is 0 Å². The van der Waals surface area contributed by atoms with E-state index in [1.165, 1.54) is 35.0 Å². The van der Waals surface area contributed by atoms with Gasteiger partial charge in [0.2, 0.25) is 5.82 Å². The molecule has 10 nitrogen and oxygen atoms in total. The van der Waals surface area contributed by atoms with Crippen LogP contribution in [0.5, 0.6) is 0 Å². The highest BCUT2D eigenvalue weighted by Gasteiger charge is 2.26. The predicted octanol–water partition coefficient (Wildman–Crippen LogP) is 3.83. The van der Waals surface area contributed by atoms with Gasteiger partial charge in [0.1, 0.15) is 28.8 Å². The monoisotopic (exact) mass is 548 g/mol. The van der Waals surface area contributed by atoms with Gasteiger partial charge in [-0.3, -0.25) is 14.3 Å². The number of hydrogen-bond acceptors (Lipinski definition) is 8. The molecule has 0 bridgehead atoms. The second kappa shape index (κ2) is 10.6. The summed E-state index contributed by atoms with van der Waals surface area (Å²) in [6, 6.07) is 5.20. The van der Waals surface area contributed by atoms with Gasteiger partial charge < -0.3 is 14.8 Å². The number of piperazine rings is 1. The fraction of sp³-hybridized carbons (Fsp3) is 0.296. The minimum absolute atomic E-state index is 0.0413. The molecule has 206 valence electrons. The number of halogens is 3. The lowest BCUT2D eigenvalue weighted by Crippen LogP contribution is -2.47. The molecule has 6 heterocycles. The van der Waals surface area contributed by atoms with Gasteiger partial charge in [0.05, 0.1) is 30.7 Å². The summed E-state index contributed by atoms with van der Waals surface area (Å²) < 4.78 is 47.1. The molecule has 5 aromatic heterocycles. The van der Waals surface area contributed by atoms with Crippen LogP contribution >= 0.6 is 0 Å². The van der Waals surface area contributed by atoms with Crippen molar-refractivity contribution >= 4 is 17.3 Å². The van der Waals surface area contributed by atoms with Crippen LogP contribution in [0.25, 0.3) is 17.2 Å². The molecule has 0 aromatic carbocycles. The zero-order chi connectivity index (χ0) is 27.8. The third-order valence-electron chi connectivity index (χ3n) is 7.04. The summed E-state index contributed by atoms with van der Waals surface area (Å²) >= 11 is 0. The largest absolute Gasteiger partial charge is 0.359 e. The zero-order valence-corrected chi connectivity index (χ0v) is 22.0. The minimum Gasteiger partial charge on any atom is -0.359 e. The van der Waals surface area contributed by atoms with Crippen LogP contribution in [-0.2, 0) is 13.6 Å². The van der Waals surface area contributed by atoms with E-state index in [9.17, 15) is 8.78 Å². The van der Waals surface area contributed by atoms with Crippen LogP contribution in [0, 0.1) is 17.5 Å². The Morgan fingerprint density at radius 3 is 2.45 bits per heavy atom. The van der Waals surface area contributed by atoms with Crippen molar-refractivity contribution in [1.82, 2.24) is 38.8 Å². The Morgan fingerprint density at radius 1 is 0.925 bits per heavy atom. The molecule has 0 spiro atoms. The molecule has 1 atom stereocenters. The van der Waals surface area contributed by atoms with Crippen molar-refractivity contribution < 1.29 is 13.2 Å². The number of hydrogen-bond donors (Lipinski definition) is 1.